The lowest BCUT2D eigenvalue weighted by Crippen LogP contribution is -2.37. The number of benzene rings is 1. The van der Waals surface area contributed by atoms with E-state index in [9.17, 15) is 0 Å². The maximum atomic E-state index is 8.93. The molecule has 0 bridgehead atoms. The van der Waals surface area contributed by atoms with Crippen molar-refractivity contribution in [3.63, 3.8) is 0 Å². The lowest BCUT2D eigenvalue weighted by atomic mass is 10.2. The van der Waals surface area contributed by atoms with E-state index in [0.717, 1.165) is 25.3 Å². The van der Waals surface area contributed by atoms with Gasteiger partial charge in [-0.05, 0) is 50.0 Å². The highest BCUT2D eigenvalue weighted by Crippen LogP contribution is 2.17. The summed E-state index contributed by atoms with van der Waals surface area (Å²) in [6.07, 6.45) is 4.08. The molecule has 2 rings (SSSR count). The number of aryl methyl sites for hydroxylation is 1. The van der Waals surface area contributed by atoms with Crippen LogP contribution >= 0.6 is 0 Å². The van der Waals surface area contributed by atoms with Gasteiger partial charge in [-0.3, -0.25) is 4.90 Å². The predicted octanol–water partition coefficient (Wildman–Crippen LogP) is 3.01. The monoisotopic (exact) mass is 258 g/mol. The number of hydrogen-bond donors (Lipinski definition) is 0. The second-order valence-electron chi connectivity index (χ2n) is 5.07. The van der Waals surface area contributed by atoms with Gasteiger partial charge < -0.3 is 4.74 Å². The molecule has 1 atom stereocenters. The van der Waals surface area contributed by atoms with Gasteiger partial charge in [0.2, 0.25) is 0 Å². The van der Waals surface area contributed by atoms with Crippen LogP contribution in [-0.2, 0) is 6.42 Å². The van der Waals surface area contributed by atoms with Gasteiger partial charge in [-0.15, -0.1) is 0 Å². The quantitative estimate of drug-likeness (QED) is 0.787. The Morgan fingerprint density at radius 2 is 1.95 bits per heavy atom. The van der Waals surface area contributed by atoms with Crippen LogP contribution in [0.2, 0.25) is 0 Å². The molecule has 0 N–H and O–H groups in total. The van der Waals surface area contributed by atoms with Crippen molar-refractivity contribution in [2.75, 3.05) is 19.7 Å². The van der Waals surface area contributed by atoms with E-state index in [1.807, 2.05) is 12.1 Å². The summed E-state index contributed by atoms with van der Waals surface area (Å²) in [6.45, 7) is 4.96. The Balaban J connectivity index is 1.88. The summed E-state index contributed by atoms with van der Waals surface area (Å²) in [5.41, 5.74) is 1.32. The zero-order valence-electron chi connectivity index (χ0n) is 11.6. The summed E-state index contributed by atoms with van der Waals surface area (Å²) < 4.78 is 5.84. The third kappa shape index (κ3) is 3.97. The van der Waals surface area contributed by atoms with Crippen molar-refractivity contribution < 1.29 is 4.74 Å². The SMILES string of the molecule is CCc1ccc(OCC(CC#N)N2CCCC2)cc1. The van der Waals surface area contributed by atoms with Crippen LogP contribution < -0.4 is 4.74 Å². The average Bonchev–Trinajstić information content (AvgIpc) is 2.98. The summed E-state index contributed by atoms with van der Waals surface area (Å²) in [5.74, 6) is 0.902. The van der Waals surface area contributed by atoms with Crippen LogP contribution in [0.5, 0.6) is 5.75 Å². The number of rotatable bonds is 6. The molecule has 1 aromatic rings. The van der Waals surface area contributed by atoms with Crippen LogP contribution in [0.4, 0.5) is 0 Å². The topological polar surface area (TPSA) is 36.3 Å². The summed E-state index contributed by atoms with van der Waals surface area (Å²) in [4.78, 5) is 2.38. The van der Waals surface area contributed by atoms with Gasteiger partial charge in [-0.2, -0.15) is 5.26 Å². The molecule has 1 aliphatic heterocycles. The molecule has 0 spiro atoms. The molecule has 3 nitrogen and oxygen atoms in total. The van der Waals surface area contributed by atoms with E-state index in [1.165, 1.54) is 18.4 Å². The standard InChI is InChI=1S/C16H22N2O/c1-2-14-5-7-16(8-6-14)19-13-15(9-10-17)18-11-3-4-12-18/h5-8,15H,2-4,9,11-13H2,1H3. The zero-order valence-corrected chi connectivity index (χ0v) is 11.6. The average molecular weight is 258 g/mol. The third-order valence-corrected chi connectivity index (χ3v) is 3.76. The fourth-order valence-electron chi connectivity index (χ4n) is 2.52. The van der Waals surface area contributed by atoms with Crippen molar-refractivity contribution in [3.8, 4) is 11.8 Å². The van der Waals surface area contributed by atoms with E-state index in [2.05, 4.69) is 30.0 Å². The summed E-state index contributed by atoms with van der Waals surface area (Å²) in [7, 11) is 0. The second kappa shape index (κ2) is 7.16. The van der Waals surface area contributed by atoms with Gasteiger partial charge in [-0.1, -0.05) is 19.1 Å². The molecule has 1 unspecified atom stereocenters. The summed E-state index contributed by atoms with van der Waals surface area (Å²) in [5, 5.41) is 8.93. The summed E-state index contributed by atoms with van der Waals surface area (Å²) in [6, 6.07) is 10.8. The van der Waals surface area contributed by atoms with Gasteiger partial charge in [0.05, 0.1) is 18.5 Å². The van der Waals surface area contributed by atoms with Crippen LogP contribution in [0.1, 0.15) is 31.7 Å². The molecule has 19 heavy (non-hydrogen) atoms. The molecule has 1 heterocycles. The first-order valence-corrected chi connectivity index (χ1v) is 7.16. The Morgan fingerprint density at radius 1 is 1.26 bits per heavy atom. The van der Waals surface area contributed by atoms with Gasteiger partial charge in [0, 0.05) is 0 Å². The van der Waals surface area contributed by atoms with Crippen LogP contribution in [0.3, 0.4) is 0 Å². The van der Waals surface area contributed by atoms with Crippen LogP contribution in [0, 0.1) is 11.3 Å². The van der Waals surface area contributed by atoms with Crippen LogP contribution in [0.15, 0.2) is 24.3 Å². The van der Waals surface area contributed by atoms with Gasteiger partial charge in [0.25, 0.3) is 0 Å². The lowest BCUT2D eigenvalue weighted by Gasteiger charge is -2.25. The third-order valence-electron chi connectivity index (χ3n) is 3.76. The molecule has 1 aromatic carbocycles. The fourth-order valence-corrected chi connectivity index (χ4v) is 2.52. The van der Waals surface area contributed by atoms with E-state index in [0.29, 0.717) is 13.0 Å². The Bertz CT molecular complexity index is 415. The van der Waals surface area contributed by atoms with Crippen molar-refractivity contribution in [3.05, 3.63) is 29.8 Å². The predicted molar refractivity (Wildman–Crippen MR) is 76.1 cm³/mol. The molecule has 0 radical (unpaired) electrons. The minimum Gasteiger partial charge on any atom is -0.492 e. The van der Waals surface area contributed by atoms with E-state index in [4.69, 9.17) is 10.00 Å². The van der Waals surface area contributed by atoms with Gasteiger partial charge >= 0.3 is 0 Å². The Labute approximate surface area is 115 Å². The molecule has 0 aliphatic carbocycles. The highest BCUT2D eigenvalue weighted by molar-refractivity contribution is 5.27. The van der Waals surface area contributed by atoms with E-state index >= 15 is 0 Å². The first kappa shape index (κ1) is 13.9. The lowest BCUT2D eigenvalue weighted by molar-refractivity contribution is 0.162. The van der Waals surface area contributed by atoms with Crippen molar-refractivity contribution in [1.29, 1.82) is 5.26 Å². The van der Waals surface area contributed by atoms with Gasteiger partial charge in [0.1, 0.15) is 12.4 Å². The van der Waals surface area contributed by atoms with Crippen LogP contribution in [0.25, 0.3) is 0 Å². The molecule has 1 aliphatic rings. The molecule has 0 saturated carbocycles. The smallest absolute Gasteiger partial charge is 0.119 e. The van der Waals surface area contributed by atoms with Gasteiger partial charge in [0.15, 0.2) is 0 Å². The number of nitrogens with zero attached hydrogens (tertiary/aromatic N) is 2. The van der Waals surface area contributed by atoms with E-state index in [-0.39, 0.29) is 6.04 Å². The normalized spacial score (nSPS) is 17.1. The second-order valence-corrected chi connectivity index (χ2v) is 5.07. The van der Waals surface area contributed by atoms with Crippen molar-refractivity contribution in [1.82, 2.24) is 4.90 Å². The zero-order chi connectivity index (χ0) is 13.5. The van der Waals surface area contributed by atoms with Crippen molar-refractivity contribution in [2.24, 2.45) is 0 Å². The first-order valence-electron chi connectivity index (χ1n) is 7.16. The van der Waals surface area contributed by atoms with E-state index in [1.54, 1.807) is 0 Å². The Hall–Kier alpha value is -1.53. The molecular weight excluding hydrogens is 236 g/mol. The molecule has 3 heteroatoms. The molecule has 0 aromatic heterocycles. The molecule has 1 fully saturated rings. The Kier molecular flexibility index (Phi) is 5.23. The molecule has 0 amide bonds. The largest absolute Gasteiger partial charge is 0.492 e. The van der Waals surface area contributed by atoms with Crippen LogP contribution in [-0.4, -0.2) is 30.6 Å². The molecular formula is C16H22N2O. The summed E-state index contributed by atoms with van der Waals surface area (Å²) >= 11 is 0. The van der Waals surface area contributed by atoms with Crippen molar-refractivity contribution in [2.45, 2.75) is 38.6 Å². The highest BCUT2D eigenvalue weighted by atomic mass is 16.5. The minimum atomic E-state index is 0.235. The number of nitriles is 1. The van der Waals surface area contributed by atoms with Crippen molar-refractivity contribution >= 4 is 0 Å². The fraction of sp³-hybridized carbons (Fsp3) is 0.562. The minimum absolute atomic E-state index is 0.235. The maximum absolute atomic E-state index is 8.93. The molecule has 1 saturated heterocycles. The Morgan fingerprint density at radius 3 is 2.53 bits per heavy atom. The number of likely N-dealkylation sites (tertiary alicyclic amines) is 1. The van der Waals surface area contributed by atoms with Gasteiger partial charge in [-0.25, -0.2) is 0 Å². The maximum Gasteiger partial charge on any atom is 0.119 e. The first-order chi connectivity index (χ1) is 9.33. The number of ether oxygens (including phenoxy) is 1. The highest BCUT2D eigenvalue weighted by Gasteiger charge is 2.22. The number of hydrogen-bond acceptors (Lipinski definition) is 3. The van der Waals surface area contributed by atoms with E-state index < -0.39 is 0 Å². The molecule has 102 valence electrons.